The van der Waals surface area contributed by atoms with Crippen molar-refractivity contribution in [1.82, 2.24) is 5.32 Å². The monoisotopic (exact) mass is 283 g/mol. The highest BCUT2D eigenvalue weighted by Crippen LogP contribution is 2.12. The van der Waals surface area contributed by atoms with Crippen LogP contribution < -0.4 is 10.1 Å². The van der Waals surface area contributed by atoms with Crippen molar-refractivity contribution in [2.75, 3.05) is 7.11 Å². The lowest BCUT2D eigenvalue weighted by Gasteiger charge is -2.14. The van der Waals surface area contributed by atoms with Crippen molar-refractivity contribution < 1.29 is 9.53 Å². The highest BCUT2D eigenvalue weighted by atomic mass is 16.5. The van der Waals surface area contributed by atoms with Crippen LogP contribution in [0.2, 0.25) is 0 Å². The molecule has 21 heavy (non-hydrogen) atoms. The predicted molar refractivity (Wildman–Crippen MR) is 84.7 cm³/mol. The Labute approximate surface area is 126 Å². The van der Waals surface area contributed by atoms with Gasteiger partial charge in [0.05, 0.1) is 7.11 Å². The number of hydrogen-bond acceptors (Lipinski definition) is 2. The molecule has 1 atom stereocenters. The van der Waals surface area contributed by atoms with Gasteiger partial charge in [-0.15, -0.1) is 0 Å². The maximum atomic E-state index is 12.1. The number of nitrogens with one attached hydrogen (secondary N) is 1. The van der Waals surface area contributed by atoms with E-state index in [4.69, 9.17) is 4.74 Å². The van der Waals surface area contributed by atoms with Gasteiger partial charge in [-0.25, -0.2) is 0 Å². The molecular weight excluding hydrogens is 262 g/mol. The number of aryl methyl sites for hydroxylation is 1. The number of carbonyl (C=O) groups excluding carboxylic acids is 1. The van der Waals surface area contributed by atoms with Crippen LogP contribution in [-0.2, 0) is 6.42 Å². The first-order valence-electron chi connectivity index (χ1n) is 7.18. The average molecular weight is 283 g/mol. The van der Waals surface area contributed by atoms with E-state index >= 15 is 0 Å². The van der Waals surface area contributed by atoms with Gasteiger partial charge in [-0.2, -0.15) is 0 Å². The zero-order valence-corrected chi connectivity index (χ0v) is 12.5. The largest absolute Gasteiger partial charge is 0.497 e. The highest BCUT2D eigenvalue weighted by molar-refractivity contribution is 5.94. The van der Waals surface area contributed by atoms with Crippen LogP contribution in [0.15, 0.2) is 54.6 Å². The van der Waals surface area contributed by atoms with Gasteiger partial charge in [0.1, 0.15) is 5.75 Å². The fourth-order valence-electron chi connectivity index (χ4n) is 2.15. The quantitative estimate of drug-likeness (QED) is 0.882. The molecule has 0 bridgehead atoms. The topological polar surface area (TPSA) is 38.3 Å². The number of amides is 1. The minimum Gasteiger partial charge on any atom is -0.497 e. The van der Waals surface area contributed by atoms with Crippen molar-refractivity contribution in [2.45, 2.75) is 25.8 Å². The van der Waals surface area contributed by atoms with Crippen molar-refractivity contribution >= 4 is 5.91 Å². The van der Waals surface area contributed by atoms with Gasteiger partial charge in [0.2, 0.25) is 0 Å². The SMILES string of the molecule is COc1ccc(C(=O)N[C@@H](C)CCc2ccccc2)cc1. The molecular formula is C18H21NO2. The van der Waals surface area contributed by atoms with E-state index in [0.29, 0.717) is 5.56 Å². The van der Waals surface area contributed by atoms with Gasteiger partial charge in [0.15, 0.2) is 0 Å². The molecule has 0 aliphatic heterocycles. The summed E-state index contributed by atoms with van der Waals surface area (Å²) < 4.78 is 5.09. The molecule has 0 heterocycles. The zero-order valence-electron chi connectivity index (χ0n) is 12.5. The van der Waals surface area contributed by atoms with E-state index in [2.05, 4.69) is 17.4 Å². The molecule has 2 aromatic rings. The summed E-state index contributed by atoms with van der Waals surface area (Å²) in [6.45, 7) is 2.03. The van der Waals surface area contributed by atoms with Crippen molar-refractivity contribution in [3.63, 3.8) is 0 Å². The third kappa shape index (κ3) is 4.63. The van der Waals surface area contributed by atoms with E-state index in [0.717, 1.165) is 18.6 Å². The summed E-state index contributed by atoms with van der Waals surface area (Å²) in [6.07, 6.45) is 1.89. The average Bonchev–Trinajstić information content (AvgIpc) is 2.54. The van der Waals surface area contributed by atoms with E-state index in [1.807, 2.05) is 25.1 Å². The van der Waals surface area contributed by atoms with Gasteiger partial charge in [-0.05, 0) is 49.6 Å². The molecule has 0 unspecified atom stereocenters. The lowest BCUT2D eigenvalue weighted by Crippen LogP contribution is -2.32. The molecule has 110 valence electrons. The number of rotatable bonds is 6. The Bertz CT molecular complexity index is 564. The summed E-state index contributed by atoms with van der Waals surface area (Å²) in [6, 6.07) is 17.6. The first-order valence-corrected chi connectivity index (χ1v) is 7.18. The van der Waals surface area contributed by atoms with Crippen molar-refractivity contribution in [3.05, 3.63) is 65.7 Å². The van der Waals surface area contributed by atoms with Gasteiger partial charge in [-0.3, -0.25) is 4.79 Å². The van der Waals surface area contributed by atoms with E-state index < -0.39 is 0 Å². The molecule has 0 aliphatic rings. The number of ether oxygens (including phenoxy) is 1. The fourth-order valence-corrected chi connectivity index (χ4v) is 2.15. The molecule has 3 nitrogen and oxygen atoms in total. The Morgan fingerprint density at radius 2 is 1.76 bits per heavy atom. The third-order valence-electron chi connectivity index (χ3n) is 3.44. The first-order chi connectivity index (χ1) is 10.2. The van der Waals surface area contributed by atoms with Crippen LogP contribution in [0, 0.1) is 0 Å². The first kappa shape index (κ1) is 15.1. The summed E-state index contributed by atoms with van der Waals surface area (Å²) >= 11 is 0. The Morgan fingerprint density at radius 1 is 1.10 bits per heavy atom. The Morgan fingerprint density at radius 3 is 2.38 bits per heavy atom. The summed E-state index contributed by atoms with van der Waals surface area (Å²) in [5, 5.41) is 3.02. The molecule has 0 aromatic heterocycles. The smallest absolute Gasteiger partial charge is 0.251 e. The molecule has 0 radical (unpaired) electrons. The number of carbonyl (C=O) groups is 1. The van der Waals surface area contributed by atoms with Crippen molar-refractivity contribution in [2.24, 2.45) is 0 Å². The third-order valence-corrected chi connectivity index (χ3v) is 3.44. The van der Waals surface area contributed by atoms with E-state index in [-0.39, 0.29) is 11.9 Å². The Kier molecular flexibility index (Phi) is 5.38. The second-order valence-electron chi connectivity index (χ2n) is 5.13. The van der Waals surface area contributed by atoms with Gasteiger partial charge >= 0.3 is 0 Å². The van der Waals surface area contributed by atoms with E-state index in [9.17, 15) is 4.79 Å². The normalized spacial score (nSPS) is 11.7. The molecule has 0 fully saturated rings. The summed E-state index contributed by atoms with van der Waals surface area (Å²) in [5.41, 5.74) is 1.95. The molecule has 0 spiro atoms. The van der Waals surface area contributed by atoms with Gasteiger partial charge < -0.3 is 10.1 Å². The minimum atomic E-state index is -0.0433. The highest BCUT2D eigenvalue weighted by Gasteiger charge is 2.09. The van der Waals surface area contributed by atoms with Crippen LogP contribution in [0.4, 0.5) is 0 Å². The molecule has 3 heteroatoms. The summed E-state index contributed by atoms with van der Waals surface area (Å²) in [7, 11) is 1.61. The molecule has 0 saturated carbocycles. The van der Waals surface area contributed by atoms with E-state index in [1.165, 1.54) is 5.56 Å². The fraction of sp³-hybridized carbons (Fsp3) is 0.278. The molecule has 1 N–H and O–H groups in total. The van der Waals surface area contributed by atoms with Crippen LogP contribution in [0.25, 0.3) is 0 Å². The van der Waals surface area contributed by atoms with Gasteiger partial charge in [0.25, 0.3) is 5.91 Å². The number of hydrogen-bond donors (Lipinski definition) is 1. The molecule has 1 amide bonds. The summed E-state index contributed by atoms with van der Waals surface area (Å²) in [4.78, 5) is 12.1. The lowest BCUT2D eigenvalue weighted by atomic mass is 10.1. The maximum absolute atomic E-state index is 12.1. The maximum Gasteiger partial charge on any atom is 0.251 e. The Balaban J connectivity index is 1.83. The van der Waals surface area contributed by atoms with Gasteiger partial charge in [0, 0.05) is 11.6 Å². The van der Waals surface area contributed by atoms with Crippen LogP contribution in [-0.4, -0.2) is 19.1 Å². The van der Waals surface area contributed by atoms with Crippen LogP contribution in [0.1, 0.15) is 29.3 Å². The Hall–Kier alpha value is -2.29. The van der Waals surface area contributed by atoms with Crippen molar-refractivity contribution in [1.29, 1.82) is 0 Å². The summed E-state index contributed by atoms with van der Waals surface area (Å²) in [5.74, 6) is 0.710. The second-order valence-corrected chi connectivity index (χ2v) is 5.13. The van der Waals surface area contributed by atoms with Crippen LogP contribution in [0.5, 0.6) is 5.75 Å². The predicted octanol–water partition coefficient (Wildman–Crippen LogP) is 3.45. The molecule has 0 aliphatic carbocycles. The zero-order chi connectivity index (χ0) is 15.1. The minimum absolute atomic E-state index is 0.0433. The lowest BCUT2D eigenvalue weighted by molar-refractivity contribution is 0.0938. The number of benzene rings is 2. The molecule has 2 rings (SSSR count). The number of methoxy groups -OCH3 is 1. The standard InChI is InChI=1S/C18H21NO2/c1-14(8-9-15-6-4-3-5-7-15)19-18(20)16-10-12-17(21-2)13-11-16/h3-7,10-14H,8-9H2,1-2H3,(H,19,20)/t14-/m0/s1. The van der Waals surface area contributed by atoms with Gasteiger partial charge in [-0.1, -0.05) is 30.3 Å². The van der Waals surface area contributed by atoms with E-state index in [1.54, 1.807) is 31.4 Å². The van der Waals surface area contributed by atoms with Crippen molar-refractivity contribution in [3.8, 4) is 5.75 Å². The van der Waals surface area contributed by atoms with Crippen LogP contribution in [0.3, 0.4) is 0 Å². The van der Waals surface area contributed by atoms with Crippen LogP contribution >= 0.6 is 0 Å². The molecule has 2 aromatic carbocycles. The molecule has 0 saturated heterocycles. The second kappa shape index (κ2) is 7.48.